The van der Waals surface area contributed by atoms with E-state index in [0.717, 1.165) is 11.3 Å². The minimum atomic E-state index is 0.0413. The summed E-state index contributed by atoms with van der Waals surface area (Å²) in [5.41, 5.74) is 2.02. The molecule has 0 bridgehead atoms. The van der Waals surface area contributed by atoms with Gasteiger partial charge in [-0.15, -0.1) is 5.75 Å². The Balaban J connectivity index is 2.25. The Labute approximate surface area is 95.1 Å². The Bertz CT molecular complexity index is 518. The van der Waals surface area contributed by atoms with Crippen LogP contribution in [-0.2, 0) is 7.05 Å². The van der Waals surface area contributed by atoms with Crippen molar-refractivity contribution in [3.8, 4) is 5.75 Å². The molecule has 2 nitrogen and oxygen atoms in total. The first-order valence-electron chi connectivity index (χ1n) is 5.15. The zero-order valence-electron chi connectivity index (χ0n) is 9.13. The Morgan fingerprint density at radius 1 is 1.06 bits per heavy atom. The maximum Gasteiger partial charge on any atom is 0.204 e. The molecule has 2 rings (SSSR count). The smallest absolute Gasteiger partial charge is 0.204 e. The Hall–Kier alpha value is -2.09. The number of benzene rings is 1. The van der Waals surface area contributed by atoms with E-state index >= 15 is 0 Å². The van der Waals surface area contributed by atoms with E-state index in [2.05, 4.69) is 0 Å². The van der Waals surface area contributed by atoms with E-state index in [-0.39, 0.29) is 5.75 Å². The van der Waals surface area contributed by atoms with E-state index < -0.39 is 0 Å². The monoisotopic (exact) mass is 211 g/mol. The van der Waals surface area contributed by atoms with Crippen LogP contribution in [-0.4, -0.2) is 0 Å². The van der Waals surface area contributed by atoms with Gasteiger partial charge in [0.2, 0.25) is 5.69 Å². The second-order valence-corrected chi connectivity index (χ2v) is 3.64. The fourth-order valence-corrected chi connectivity index (χ4v) is 1.51. The molecule has 2 aromatic rings. The fraction of sp³-hybridized carbons (Fsp3) is 0.0714. The van der Waals surface area contributed by atoms with Crippen molar-refractivity contribution >= 4 is 12.2 Å². The first-order chi connectivity index (χ1) is 7.75. The molecule has 0 atom stereocenters. The largest absolute Gasteiger partial charge is 0.872 e. The van der Waals surface area contributed by atoms with Gasteiger partial charge in [0.05, 0.1) is 0 Å². The molecule has 0 N–H and O–H groups in total. The summed E-state index contributed by atoms with van der Waals surface area (Å²) in [4.78, 5) is 0. The van der Waals surface area contributed by atoms with Crippen LogP contribution in [0.25, 0.3) is 12.2 Å². The molecule has 1 aromatic carbocycles. The van der Waals surface area contributed by atoms with Crippen LogP contribution < -0.4 is 9.67 Å². The summed E-state index contributed by atoms with van der Waals surface area (Å²) in [6.07, 6.45) is 5.93. The van der Waals surface area contributed by atoms with Crippen molar-refractivity contribution in [2.24, 2.45) is 7.05 Å². The van der Waals surface area contributed by atoms with E-state index in [1.54, 1.807) is 18.2 Å². The topological polar surface area (TPSA) is 26.9 Å². The highest BCUT2D eigenvalue weighted by molar-refractivity contribution is 5.67. The third-order valence-electron chi connectivity index (χ3n) is 2.40. The molecule has 0 spiro atoms. The van der Waals surface area contributed by atoms with E-state index in [1.807, 2.05) is 54.2 Å². The predicted molar refractivity (Wildman–Crippen MR) is 62.4 cm³/mol. The molecule has 1 heterocycles. The Morgan fingerprint density at radius 3 is 2.69 bits per heavy atom. The van der Waals surface area contributed by atoms with E-state index in [1.165, 1.54) is 0 Å². The van der Waals surface area contributed by atoms with Crippen molar-refractivity contribution in [2.75, 3.05) is 0 Å². The van der Waals surface area contributed by atoms with Gasteiger partial charge in [-0.25, -0.2) is 4.57 Å². The molecule has 0 fully saturated rings. The SMILES string of the molecule is C[n+]1ccccc1/C=C/c1cccc([O-])c1. The highest BCUT2D eigenvalue weighted by Crippen LogP contribution is 2.10. The molecule has 0 radical (unpaired) electrons. The molecule has 0 aliphatic carbocycles. The molecular weight excluding hydrogens is 198 g/mol. The van der Waals surface area contributed by atoms with Crippen molar-refractivity contribution in [1.82, 2.24) is 0 Å². The molecule has 80 valence electrons. The molecule has 0 amide bonds. The summed E-state index contributed by atoms with van der Waals surface area (Å²) in [6.45, 7) is 0. The molecule has 0 unspecified atom stereocenters. The zero-order valence-corrected chi connectivity index (χ0v) is 9.13. The summed E-state index contributed by atoms with van der Waals surface area (Å²) in [7, 11) is 1.99. The third-order valence-corrected chi connectivity index (χ3v) is 2.40. The van der Waals surface area contributed by atoms with Gasteiger partial charge in [0.1, 0.15) is 7.05 Å². The zero-order chi connectivity index (χ0) is 11.4. The summed E-state index contributed by atoms with van der Waals surface area (Å²) < 4.78 is 2.03. The fourth-order valence-electron chi connectivity index (χ4n) is 1.51. The average molecular weight is 211 g/mol. The lowest BCUT2D eigenvalue weighted by Crippen LogP contribution is -2.30. The number of hydrogen-bond donors (Lipinski definition) is 0. The lowest BCUT2D eigenvalue weighted by atomic mass is 10.2. The van der Waals surface area contributed by atoms with Crippen LogP contribution in [0.5, 0.6) is 5.75 Å². The van der Waals surface area contributed by atoms with E-state index in [4.69, 9.17) is 0 Å². The van der Waals surface area contributed by atoms with Crippen LogP contribution in [0.1, 0.15) is 11.3 Å². The summed E-state index contributed by atoms with van der Waals surface area (Å²) in [5.74, 6) is 0.0413. The molecule has 0 saturated carbocycles. The van der Waals surface area contributed by atoms with Crippen molar-refractivity contribution < 1.29 is 9.67 Å². The van der Waals surface area contributed by atoms with Crippen LogP contribution in [0.3, 0.4) is 0 Å². The molecule has 0 saturated heterocycles. The number of nitrogens with zero attached hydrogens (tertiary/aromatic N) is 1. The maximum atomic E-state index is 11.1. The molecule has 16 heavy (non-hydrogen) atoms. The second-order valence-electron chi connectivity index (χ2n) is 3.64. The molecule has 0 aliphatic rings. The van der Waals surface area contributed by atoms with Crippen LogP contribution in [0.2, 0.25) is 0 Å². The van der Waals surface area contributed by atoms with Crippen LogP contribution in [0.4, 0.5) is 0 Å². The number of hydrogen-bond acceptors (Lipinski definition) is 1. The lowest BCUT2D eigenvalue weighted by Gasteiger charge is -2.03. The summed E-state index contributed by atoms with van der Waals surface area (Å²) in [6, 6.07) is 12.9. The van der Waals surface area contributed by atoms with Crippen LogP contribution >= 0.6 is 0 Å². The third kappa shape index (κ3) is 2.48. The Morgan fingerprint density at radius 2 is 1.94 bits per heavy atom. The number of pyridine rings is 1. The molecular formula is C14H13NO. The van der Waals surface area contributed by atoms with Gasteiger partial charge in [-0.2, -0.15) is 0 Å². The molecule has 0 aliphatic heterocycles. The minimum absolute atomic E-state index is 0.0413. The first-order valence-corrected chi connectivity index (χ1v) is 5.15. The molecule has 2 heteroatoms. The van der Waals surface area contributed by atoms with Gasteiger partial charge in [0, 0.05) is 18.2 Å². The van der Waals surface area contributed by atoms with Crippen molar-refractivity contribution in [2.45, 2.75) is 0 Å². The lowest BCUT2D eigenvalue weighted by molar-refractivity contribution is -0.673. The number of aromatic nitrogens is 1. The van der Waals surface area contributed by atoms with Gasteiger partial charge in [0.15, 0.2) is 6.20 Å². The quantitative estimate of drug-likeness (QED) is 0.695. The second kappa shape index (κ2) is 4.62. The van der Waals surface area contributed by atoms with Crippen molar-refractivity contribution in [1.29, 1.82) is 0 Å². The minimum Gasteiger partial charge on any atom is -0.872 e. The van der Waals surface area contributed by atoms with Gasteiger partial charge in [-0.05, 0) is 17.7 Å². The van der Waals surface area contributed by atoms with Crippen LogP contribution in [0.15, 0.2) is 48.7 Å². The summed E-state index contributed by atoms with van der Waals surface area (Å²) >= 11 is 0. The van der Waals surface area contributed by atoms with E-state index in [9.17, 15) is 5.11 Å². The standard InChI is InChI=1S/C14H13NO/c1-15-10-3-2-6-13(15)9-8-12-5-4-7-14(16)11-12/h2-11H,1H3/b9-8+. The molecule has 1 aromatic heterocycles. The van der Waals surface area contributed by atoms with Gasteiger partial charge in [0.25, 0.3) is 0 Å². The van der Waals surface area contributed by atoms with Crippen molar-refractivity contribution in [3.05, 3.63) is 59.9 Å². The van der Waals surface area contributed by atoms with Gasteiger partial charge in [-0.1, -0.05) is 24.3 Å². The summed E-state index contributed by atoms with van der Waals surface area (Å²) in [5, 5.41) is 11.1. The predicted octanol–water partition coefficient (Wildman–Crippen LogP) is 1.76. The van der Waals surface area contributed by atoms with Crippen LogP contribution in [0, 0.1) is 0 Å². The Kier molecular flexibility index (Phi) is 3.01. The van der Waals surface area contributed by atoms with E-state index in [0.29, 0.717) is 0 Å². The highest BCUT2D eigenvalue weighted by Gasteiger charge is 1.98. The van der Waals surface area contributed by atoms with Gasteiger partial charge >= 0.3 is 0 Å². The number of aryl methyl sites for hydroxylation is 1. The average Bonchev–Trinajstić information content (AvgIpc) is 2.28. The maximum absolute atomic E-state index is 11.1. The van der Waals surface area contributed by atoms with Gasteiger partial charge < -0.3 is 5.11 Å². The number of rotatable bonds is 2. The first kappa shape index (κ1) is 10.4. The highest BCUT2D eigenvalue weighted by atomic mass is 16.3. The van der Waals surface area contributed by atoms with Crippen molar-refractivity contribution in [3.63, 3.8) is 0 Å². The normalized spacial score (nSPS) is 10.8. The van der Waals surface area contributed by atoms with Gasteiger partial charge in [-0.3, -0.25) is 0 Å².